The molecule has 0 spiro atoms. The van der Waals surface area contributed by atoms with Gasteiger partial charge in [-0.15, -0.1) is 0 Å². The highest BCUT2D eigenvalue weighted by molar-refractivity contribution is 6.30. The number of piperazine rings is 1. The van der Waals surface area contributed by atoms with Crippen molar-refractivity contribution in [1.29, 1.82) is 0 Å². The normalized spacial score (nSPS) is 15.1. The smallest absolute Gasteiger partial charge is 0.226 e. The van der Waals surface area contributed by atoms with Gasteiger partial charge < -0.3 is 10.2 Å². The van der Waals surface area contributed by atoms with E-state index in [1.165, 1.54) is 12.1 Å². The summed E-state index contributed by atoms with van der Waals surface area (Å²) < 4.78 is 13.4. The molecule has 1 fully saturated rings. The lowest BCUT2D eigenvalue weighted by Gasteiger charge is -2.36. The fourth-order valence-corrected chi connectivity index (χ4v) is 3.62. The van der Waals surface area contributed by atoms with Crippen LogP contribution in [0.1, 0.15) is 6.42 Å². The summed E-state index contributed by atoms with van der Waals surface area (Å²) in [5.74, 6) is -0.123. The first-order chi connectivity index (χ1) is 13.6. The third-order valence-corrected chi connectivity index (χ3v) is 5.22. The van der Waals surface area contributed by atoms with Crippen LogP contribution < -0.4 is 10.2 Å². The molecule has 0 saturated carbocycles. The lowest BCUT2D eigenvalue weighted by atomic mass is 10.2. The van der Waals surface area contributed by atoms with Gasteiger partial charge in [0.15, 0.2) is 5.82 Å². The topological polar surface area (TPSA) is 64.3 Å². The van der Waals surface area contributed by atoms with Crippen LogP contribution in [-0.2, 0) is 4.79 Å². The Morgan fingerprint density at radius 1 is 1.18 bits per heavy atom. The van der Waals surface area contributed by atoms with Crippen molar-refractivity contribution in [1.82, 2.24) is 15.1 Å². The average Bonchev–Trinajstić information content (AvgIpc) is 3.08. The number of aromatic amines is 1. The van der Waals surface area contributed by atoms with E-state index in [0.717, 1.165) is 36.9 Å². The highest BCUT2D eigenvalue weighted by Gasteiger charge is 2.18. The van der Waals surface area contributed by atoms with Crippen molar-refractivity contribution in [3.63, 3.8) is 0 Å². The minimum absolute atomic E-state index is 0.130. The summed E-state index contributed by atoms with van der Waals surface area (Å²) in [5, 5.41) is 10.9. The zero-order chi connectivity index (χ0) is 19.5. The molecule has 2 aromatic carbocycles. The van der Waals surface area contributed by atoms with Gasteiger partial charge in [-0.2, -0.15) is 5.10 Å². The Balaban J connectivity index is 1.27. The minimum Gasteiger partial charge on any atom is -0.369 e. The van der Waals surface area contributed by atoms with E-state index in [1.54, 1.807) is 6.07 Å². The van der Waals surface area contributed by atoms with E-state index in [2.05, 4.69) is 31.4 Å². The SMILES string of the molecule is O=C(CCN1CCN(c2cccc(Cl)c2)CC1)Nc1n[nH]c2ccc(F)cc12. The van der Waals surface area contributed by atoms with E-state index in [4.69, 9.17) is 11.6 Å². The number of nitrogens with one attached hydrogen (secondary N) is 2. The number of amides is 1. The molecule has 1 amide bonds. The molecule has 1 aromatic heterocycles. The quantitative estimate of drug-likeness (QED) is 0.686. The Bertz CT molecular complexity index is 984. The van der Waals surface area contributed by atoms with Crippen LogP contribution in [0.3, 0.4) is 0 Å². The number of nitrogens with zero attached hydrogens (tertiary/aromatic N) is 3. The van der Waals surface area contributed by atoms with E-state index in [0.29, 0.717) is 29.7 Å². The number of benzene rings is 2. The second-order valence-electron chi connectivity index (χ2n) is 6.87. The molecule has 3 aromatic rings. The van der Waals surface area contributed by atoms with E-state index >= 15 is 0 Å². The lowest BCUT2D eigenvalue weighted by molar-refractivity contribution is -0.116. The van der Waals surface area contributed by atoms with Gasteiger partial charge in [0.25, 0.3) is 0 Å². The van der Waals surface area contributed by atoms with Gasteiger partial charge >= 0.3 is 0 Å². The molecular weight excluding hydrogens is 381 g/mol. The molecule has 0 radical (unpaired) electrons. The van der Waals surface area contributed by atoms with Crippen LogP contribution in [0.4, 0.5) is 15.9 Å². The number of rotatable bonds is 5. The van der Waals surface area contributed by atoms with Crippen molar-refractivity contribution >= 4 is 39.9 Å². The maximum atomic E-state index is 13.4. The number of hydrogen-bond acceptors (Lipinski definition) is 4. The Morgan fingerprint density at radius 2 is 2.00 bits per heavy atom. The molecule has 2 N–H and O–H groups in total. The van der Waals surface area contributed by atoms with Gasteiger partial charge in [0.05, 0.1) is 5.52 Å². The first kappa shape index (κ1) is 18.7. The summed E-state index contributed by atoms with van der Waals surface area (Å²) in [5.41, 5.74) is 1.82. The number of halogens is 2. The number of hydrogen-bond donors (Lipinski definition) is 2. The number of aromatic nitrogens is 2. The predicted molar refractivity (Wildman–Crippen MR) is 109 cm³/mol. The van der Waals surface area contributed by atoms with Crippen LogP contribution in [0.5, 0.6) is 0 Å². The summed E-state index contributed by atoms with van der Waals surface area (Å²) >= 11 is 6.07. The van der Waals surface area contributed by atoms with Crippen molar-refractivity contribution in [3.8, 4) is 0 Å². The highest BCUT2D eigenvalue weighted by Crippen LogP contribution is 2.22. The van der Waals surface area contributed by atoms with Crippen LogP contribution in [0.15, 0.2) is 42.5 Å². The fraction of sp³-hybridized carbons (Fsp3) is 0.300. The molecule has 6 nitrogen and oxygen atoms in total. The maximum Gasteiger partial charge on any atom is 0.226 e. The van der Waals surface area contributed by atoms with Crippen LogP contribution in [0, 0.1) is 5.82 Å². The second-order valence-corrected chi connectivity index (χ2v) is 7.31. The standard InChI is InChI=1S/C20H21ClFN5O/c21-14-2-1-3-16(12-14)27-10-8-26(9-11-27)7-6-19(28)23-20-17-13-15(22)4-5-18(17)24-25-20/h1-5,12-13H,6-11H2,(H2,23,24,25,28). The third-order valence-electron chi connectivity index (χ3n) is 4.98. The summed E-state index contributed by atoms with van der Waals surface area (Å²) in [6.45, 7) is 4.23. The molecule has 1 aliphatic rings. The maximum absolute atomic E-state index is 13.4. The second kappa shape index (κ2) is 8.16. The van der Waals surface area contributed by atoms with Gasteiger partial charge in [-0.05, 0) is 36.4 Å². The molecule has 1 saturated heterocycles. The van der Waals surface area contributed by atoms with E-state index in [-0.39, 0.29) is 11.7 Å². The van der Waals surface area contributed by atoms with E-state index in [1.807, 2.05) is 18.2 Å². The summed E-state index contributed by atoms with van der Waals surface area (Å²) in [6.07, 6.45) is 0.362. The van der Waals surface area contributed by atoms with Gasteiger partial charge in [0.2, 0.25) is 5.91 Å². The molecule has 0 atom stereocenters. The van der Waals surface area contributed by atoms with Gasteiger partial charge in [-0.1, -0.05) is 17.7 Å². The molecular formula is C20H21ClFN5O. The van der Waals surface area contributed by atoms with Crippen LogP contribution in [-0.4, -0.2) is 53.7 Å². The van der Waals surface area contributed by atoms with Gasteiger partial charge in [0.1, 0.15) is 5.82 Å². The first-order valence-electron chi connectivity index (χ1n) is 9.25. The molecule has 4 rings (SSSR count). The average molecular weight is 402 g/mol. The number of anilines is 2. The first-order valence-corrected chi connectivity index (χ1v) is 9.62. The molecule has 146 valence electrons. The molecule has 1 aliphatic heterocycles. The van der Waals surface area contributed by atoms with Crippen LogP contribution >= 0.6 is 11.6 Å². The minimum atomic E-state index is -0.359. The highest BCUT2D eigenvalue weighted by atomic mass is 35.5. The molecule has 0 aliphatic carbocycles. The molecule has 0 bridgehead atoms. The van der Waals surface area contributed by atoms with E-state index in [9.17, 15) is 9.18 Å². The number of H-pyrrole nitrogens is 1. The Morgan fingerprint density at radius 3 is 2.79 bits per heavy atom. The summed E-state index contributed by atoms with van der Waals surface area (Å²) in [6, 6.07) is 12.2. The third kappa shape index (κ3) is 4.26. The van der Waals surface area contributed by atoms with Crippen LogP contribution in [0.2, 0.25) is 5.02 Å². The monoisotopic (exact) mass is 401 g/mol. The Labute approximate surface area is 167 Å². The molecule has 28 heavy (non-hydrogen) atoms. The number of fused-ring (bicyclic) bond motifs is 1. The fourth-order valence-electron chi connectivity index (χ4n) is 3.44. The van der Waals surface area contributed by atoms with Crippen molar-refractivity contribution in [2.75, 3.05) is 42.9 Å². The van der Waals surface area contributed by atoms with Gasteiger partial charge in [0, 0.05) is 55.2 Å². The Kier molecular flexibility index (Phi) is 5.45. The summed E-state index contributed by atoms with van der Waals surface area (Å²) in [7, 11) is 0. The lowest BCUT2D eigenvalue weighted by Crippen LogP contribution is -2.47. The summed E-state index contributed by atoms with van der Waals surface area (Å²) in [4.78, 5) is 16.9. The zero-order valence-electron chi connectivity index (χ0n) is 15.3. The molecule has 0 unspecified atom stereocenters. The van der Waals surface area contributed by atoms with Crippen molar-refractivity contribution in [2.45, 2.75) is 6.42 Å². The molecule has 2 heterocycles. The van der Waals surface area contributed by atoms with E-state index < -0.39 is 0 Å². The predicted octanol–water partition coefficient (Wildman–Crippen LogP) is 3.51. The largest absolute Gasteiger partial charge is 0.369 e. The van der Waals surface area contributed by atoms with Crippen molar-refractivity contribution < 1.29 is 9.18 Å². The van der Waals surface area contributed by atoms with Crippen LogP contribution in [0.25, 0.3) is 10.9 Å². The Hall–Kier alpha value is -2.64. The van der Waals surface area contributed by atoms with Gasteiger partial charge in [-0.25, -0.2) is 4.39 Å². The number of carbonyl (C=O) groups excluding carboxylic acids is 1. The van der Waals surface area contributed by atoms with Crippen molar-refractivity contribution in [3.05, 3.63) is 53.3 Å². The molecule has 8 heteroatoms. The van der Waals surface area contributed by atoms with Crippen molar-refractivity contribution in [2.24, 2.45) is 0 Å². The number of carbonyl (C=O) groups is 1. The van der Waals surface area contributed by atoms with Gasteiger partial charge in [-0.3, -0.25) is 14.8 Å². The zero-order valence-corrected chi connectivity index (χ0v) is 16.0.